The molecule has 0 spiro atoms. The number of nitrogens with two attached hydrogens (primary N) is 1. The van der Waals surface area contributed by atoms with Gasteiger partial charge in [0.15, 0.2) is 0 Å². The van der Waals surface area contributed by atoms with E-state index in [2.05, 4.69) is 9.80 Å². The minimum Gasteiger partial charge on any atom is -0.342 e. The first kappa shape index (κ1) is 13.4. The van der Waals surface area contributed by atoms with Crippen LogP contribution in [0.1, 0.15) is 38.5 Å². The summed E-state index contributed by atoms with van der Waals surface area (Å²) in [5.41, 5.74) is 6.22. The predicted molar refractivity (Wildman–Crippen MR) is 75.7 cm³/mol. The molecule has 1 aliphatic carbocycles. The summed E-state index contributed by atoms with van der Waals surface area (Å²) in [6, 6.07) is 0.296. The van der Waals surface area contributed by atoms with Gasteiger partial charge in [-0.05, 0) is 37.5 Å². The monoisotopic (exact) mass is 265 g/mol. The lowest BCUT2D eigenvalue weighted by Crippen LogP contribution is -2.40. The summed E-state index contributed by atoms with van der Waals surface area (Å²) in [7, 11) is 0. The van der Waals surface area contributed by atoms with E-state index in [1.54, 1.807) is 0 Å². The fourth-order valence-corrected chi connectivity index (χ4v) is 3.71. The first-order valence-electron chi connectivity index (χ1n) is 8.00. The molecule has 2 N–H and O–H groups in total. The summed E-state index contributed by atoms with van der Waals surface area (Å²) in [5, 5.41) is 0. The van der Waals surface area contributed by atoms with E-state index in [1.165, 1.54) is 38.5 Å². The Labute approximate surface area is 116 Å². The molecule has 0 unspecified atom stereocenters. The number of carbonyl (C=O) groups excluding carboxylic acids is 1. The van der Waals surface area contributed by atoms with Crippen molar-refractivity contribution >= 4 is 5.91 Å². The molecule has 0 aromatic heterocycles. The number of nitrogens with zero attached hydrogens (tertiary/aromatic N) is 2. The Morgan fingerprint density at radius 2 is 1.74 bits per heavy atom. The molecule has 108 valence electrons. The van der Waals surface area contributed by atoms with E-state index in [0.29, 0.717) is 24.4 Å². The van der Waals surface area contributed by atoms with Crippen LogP contribution in [-0.2, 0) is 4.79 Å². The molecule has 0 aromatic carbocycles. The summed E-state index contributed by atoms with van der Waals surface area (Å²) in [5.74, 6) is 1.83. The fourth-order valence-electron chi connectivity index (χ4n) is 3.71. The smallest absolute Gasteiger partial charge is 0.236 e. The van der Waals surface area contributed by atoms with Gasteiger partial charge in [-0.1, -0.05) is 12.8 Å². The van der Waals surface area contributed by atoms with Crippen LogP contribution in [0.15, 0.2) is 0 Å². The van der Waals surface area contributed by atoms with Crippen LogP contribution in [-0.4, -0.2) is 54.5 Å². The van der Waals surface area contributed by atoms with E-state index in [4.69, 9.17) is 5.73 Å². The van der Waals surface area contributed by atoms with Gasteiger partial charge in [0, 0.05) is 32.2 Å². The van der Waals surface area contributed by atoms with Gasteiger partial charge in [0.25, 0.3) is 0 Å². The number of hydrogen-bond acceptors (Lipinski definition) is 3. The van der Waals surface area contributed by atoms with E-state index in [1.807, 2.05) is 0 Å². The van der Waals surface area contributed by atoms with Gasteiger partial charge in [0.1, 0.15) is 0 Å². The van der Waals surface area contributed by atoms with E-state index >= 15 is 0 Å². The lowest BCUT2D eigenvalue weighted by molar-refractivity contribution is -0.132. The second-order valence-electron chi connectivity index (χ2n) is 6.65. The summed E-state index contributed by atoms with van der Waals surface area (Å²) in [4.78, 5) is 16.7. The molecule has 2 aliphatic heterocycles. The van der Waals surface area contributed by atoms with Crippen molar-refractivity contribution in [3.63, 3.8) is 0 Å². The molecule has 0 aromatic rings. The van der Waals surface area contributed by atoms with E-state index in [-0.39, 0.29) is 0 Å². The molecule has 3 aliphatic rings. The molecular formula is C15H27N3O. The topological polar surface area (TPSA) is 49.6 Å². The summed E-state index contributed by atoms with van der Waals surface area (Å²) in [6.45, 7) is 4.48. The van der Waals surface area contributed by atoms with E-state index in [9.17, 15) is 4.79 Å². The van der Waals surface area contributed by atoms with Crippen molar-refractivity contribution in [2.24, 2.45) is 17.6 Å². The molecule has 4 heteroatoms. The van der Waals surface area contributed by atoms with Crippen LogP contribution in [0.3, 0.4) is 0 Å². The van der Waals surface area contributed by atoms with Gasteiger partial charge >= 0.3 is 0 Å². The lowest BCUT2D eigenvalue weighted by atomic mass is 9.99. The summed E-state index contributed by atoms with van der Waals surface area (Å²) in [6.07, 6.45) is 7.62. The third kappa shape index (κ3) is 3.29. The average Bonchev–Trinajstić information content (AvgIpc) is 3.19. The quantitative estimate of drug-likeness (QED) is 0.830. The van der Waals surface area contributed by atoms with E-state index in [0.717, 1.165) is 32.1 Å². The van der Waals surface area contributed by atoms with Crippen molar-refractivity contribution in [3.8, 4) is 0 Å². The molecular weight excluding hydrogens is 238 g/mol. The molecule has 19 heavy (non-hydrogen) atoms. The third-order valence-electron chi connectivity index (χ3n) is 5.03. The van der Waals surface area contributed by atoms with Crippen molar-refractivity contribution in [2.45, 2.75) is 44.6 Å². The minimum absolute atomic E-state index is 0.296. The van der Waals surface area contributed by atoms with Crippen LogP contribution in [0.2, 0.25) is 0 Å². The highest BCUT2D eigenvalue weighted by atomic mass is 16.2. The molecule has 3 rings (SSSR count). The van der Waals surface area contributed by atoms with Crippen molar-refractivity contribution in [2.75, 3.05) is 32.7 Å². The van der Waals surface area contributed by atoms with E-state index < -0.39 is 0 Å². The highest BCUT2D eigenvalue weighted by Gasteiger charge is 2.41. The molecule has 2 heterocycles. The molecule has 0 bridgehead atoms. The molecule has 0 radical (unpaired) electrons. The Balaban J connectivity index is 1.49. The van der Waals surface area contributed by atoms with Crippen LogP contribution in [0.4, 0.5) is 0 Å². The van der Waals surface area contributed by atoms with Crippen molar-refractivity contribution in [3.05, 3.63) is 0 Å². The Morgan fingerprint density at radius 3 is 2.37 bits per heavy atom. The van der Waals surface area contributed by atoms with Gasteiger partial charge < -0.3 is 10.6 Å². The van der Waals surface area contributed by atoms with Crippen LogP contribution in [0.5, 0.6) is 0 Å². The zero-order valence-electron chi connectivity index (χ0n) is 11.9. The predicted octanol–water partition coefficient (Wildman–Crippen LogP) is 1.06. The van der Waals surface area contributed by atoms with Crippen molar-refractivity contribution in [1.29, 1.82) is 0 Å². The van der Waals surface area contributed by atoms with Crippen LogP contribution >= 0.6 is 0 Å². The number of hydrogen-bond donors (Lipinski definition) is 1. The summed E-state index contributed by atoms with van der Waals surface area (Å²) >= 11 is 0. The molecule has 4 nitrogen and oxygen atoms in total. The molecule has 2 atom stereocenters. The standard InChI is InChI=1S/C15H27N3O/c16-14-10-17(9-13(14)12-5-6-12)11-15(19)18-7-3-1-2-4-8-18/h12-14H,1-11,16H2/t13-,14+/m1/s1. The highest BCUT2D eigenvalue weighted by Crippen LogP contribution is 2.40. The number of likely N-dealkylation sites (tertiary alicyclic amines) is 2. The van der Waals surface area contributed by atoms with Gasteiger partial charge in [-0.2, -0.15) is 0 Å². The second-order valence-corrected chi connectivity index (χ2v) is 6.65. The highest BCUT2D eigenvalue weighted by molar-refractivity contribution is 5.78. The van der Waals surface area contributed by atoms with Crippen LogP contribution in [0, 0.1) is 11.8 Å². The normalized spacial score (nSPS) is 33.4. The Bertz CT molecular complexity index is 321. The lowest BCUT2D eigenvalue weighted by Gasteiger charge is -2.23. The van der Waals surface area contributed by atoms with Gasteiger partial charge in [-0.15, -0.1) is 0 Å². The van der Waals surface area contributed by atoms with Gasteiger partial charge in [-0.3, -0.25) is 9.69 Å². The van der Waals surface area contributed by atoms with Crippen molar-refractivity contribution < 1.29 is 4.79 Å². The maximum Gasteiger partial charge on any atom is 0.236 e. The van der Waals surface area contributed by atoms with Gasteiger partial charge in [0.05, 0.1) is 6.54 Å². The number of carbonyl (C=O) groups is 1. The molecule has 2 saturated heterocycles. The number of amides is 1. The Kier molecular flexibility index (Phi) is 4.08. The first-order valence-corrected chi connectivity index (χ1v) is 8.00. The number of rotatable bonds is 3. The van der Waals surface area contributed by atoms with Crippen LogP contribution in [0.25, 0.3) is 0 Å². The average molecular weight is 265 g/mol. The summed E-state index contributed by atoms with van der Waals surface area (Å²) < 4.78 is 0. The molecule has 1 amide bonds. The fraction of sp³-hybridized carbons (Fsp3) is 0.933. The van der Waals surface area contributed by atoms with Gasteiger partial charge in [-0.25, -0.2) is 0 Å². The Hall–Kier alpha value is -0.610. The maximum atomic E-state index is 12.3. The first-order chi connectivity index (χ1) is 9.24. The SMILES string of the molecule is N[C@H]1CN(CC(=O)N2CCCCCC2)C[C@@H]1C1CC1. The Morgan fingerprint density at radius 1 is 1.05 bits per heavy atom. The van der Waals surface area contributed by atoms with Gasteiger partial charge in [0.2, 0.25) is 5.91 Å². The van der Waals surface area contributed by atoms with Crippen LogP contribution < -0.4 is 5.73 Å². The molecule has 1 saturated carbocycles. The zero-order chi connectivity index (χ0) is 13.2. The second kappa shape index (κ2) is 5.80. The molecule has 3 fully saturated rings. The van der Waals surface area contributed by atoms with Crippen molar-refractivity contribution in [1.82, 2.24) is 9.80 Å². The maximum absolute atomic E-state index is 12.3. The minimum atomic E-state index is 0.296. The zero-order valence-corrected chi connectivity index (χ0v) is 11.9. The largest absolute Gasteiger partial charge is 0.342 e. The third-order valence-corrected chi connectivity index (χ3v) is 5.03.